The molecule has 1 aromatic carbocycles. The maximum atomic E-state index is 5.53. The molecule has 0 spiro atoms. The Kier molecular flexibility index (Phi) is 5.09. The van der Waals surface area contributed by atoms with E-state index in [9.17, 15) is 0 Å². The predicted molar refractivity (Wildman–Crippen MR) is 78.8 cm³/mol. The van der Waals surface area contributed by atoms with Gasteiger partial charge in [0.1, 0.15) is 0 Å². The Hall–Kier alpha value is -1.46. The van der Waals surface area contributed by atoms with Crippen LogP contribution in [0.5, 0.6) is 17.2 Å². The van der Waals surface area contributed by atoms with Crippen molar-refractivity contribution in [1.82, 2.24) is 10.2 Å². The Morgan fingerprint density at radius 3 is 2.45 bits per heavy atom. The molecule has 5 heteroatoms. The standard InChI is InChI=1S/C15H24N2O3/c1-16-12-7-8-17(10-12)9-11-5-6-13(18-2)15(20-4)14(11)19-3/h5-6,12,16H,7-10H2,1-4H3/t12-/m0/s1. The number of likely N-dealkylation sites (tertiary alicyclic amines) is 1. The average Bonchev–Trinajstić information content (AvgIpc) is 2.94. The molecule has 1 aliphatic rings. The molecule has 0 unspecified atom stereocenters. The lowest BCUT2D eigenvalue weighted by molar-refractivity contribution is 0.298. The molecular formula is C15H24N2O3. The number of rotatable bonds is 6. The molecule has 1 N–H and O–H groups in total. The summed E-state index contributed by atoms with van der Waals surface area (Å²) >= 11 is 0. The Bertz CT molecular complexity index is 451. The number of methoxy groups -OCH3 is 3. The molecule has 1 saturated heterocycles. The largest absolute Gasteiger partial charge is 0.493 e. The molecule has 112 valence electrons. The molecule has 0 aliphatic carbocycles. The third kappa shape index (κ3) is 2.99. The van der Waals surface area contributed by atoms with Crippen LogP contribution in [0.15, 0.2) is 12.1 Å². The van der Waals surface area contributed by atoms with Gasteiger partial charge < -0.3 is 19.5 Å². The SMILES string of the molecule is CN[C@H]1CCN(Cc2ccc(OC)c(OC)c2OC)C1. The van der Waals surface area contributed by atoms with Gasteiger partial charge in [0, 0.05) is 31.2 Å². The van der Waals surface area contributed by atoms with Gasteiger partial charge in [-0.25, -0.2) is 0 Å². The summed E-state index contributed by atoms with van der Waals surface area (Å²) in [5, 5.41) is 3.33. The molecule has 20 heavy (non-hydrogen) atoms. The molecule has 1 aromatic rings. The van der Waals surface area contributed by atoms with Crippen LogP contribution in [0, 0.1) is 0 Å². The highest BCUT2D eigenvalue weighted by Gasteiger charge is 2.23. The molecule has 0 aromatic heterocycles. The Balaban J connectivity index is 2.19. The molecular weight excluding hydrogens is 256 g/mol. The summed E-state index contributed by atoms with van der Waals surface area (Å²) < 4.78 is 16.3. The van der Waals surface area contributed by atoms with Crippen LogP contribution in [-0.2, 0) is 6.54 Å². The van der Waals surface area contributed by atoms with Crippen molar-refractivity contribution in [3.63, 3.8) is 0 Å². The summed E-state index contributed by atoms with van der Waals surface area (Å²) in [4.78, 5) is 2.42. The van der Waals surface area contributed by atoms with E-state index in [1.165, 1.54) is 6.42 Å². The van der Waals surface area contributed by atoms with Gasteiger partial charge in [0.25, 0.3) is 0 Å². The molecule has 0 amide bonds. The van der Waals surface area contributed by atoms with Gasteiger partial charge in [-0.3, -0.25) is 4.90 Å². The summed E-state index contributed by atoms with van der Waals surface area (Å²) in [5.41, 5.74) is 1.13. The highest BCUT2D eigenvalue weighted by Crippen LogP contribution is 2.40. The van der Waals surface area contributed by atoms with E-state index in [0.29, 0.717) is 17.5 Å². The van der Waals surface area contributed by atoms with Crippen molar-refractivity contribution in [2.24, 2.45) is 0 Å². The number of benzene rings is 1. The zero-order chi connectivity index (χ0) is 14.5. The van der Waals surface area contributed by atoms with Gasteiger partial charge in [-0.1, -0.05) is 6.07 Å². The lowest BCUT2D eigenvalue weighted by Gasteiger charge is -2.20. The number of ether oxygens (including phenoxy) is 3. The minimum Gasteiger partial charge on any atom is -0.493 e. The Morgan fingerprint density at radius 2 is 1.90 bits per heavy atom. The first-order chi connectivity index (χ1) is 9.73. The lowest BCUT2D eigenvalue weighted by atomic mass is 10.1. The van der Waals surface area contributed by atoms with E-state index in [0.717, 1.165) is 30.9 Å². The van der Waals surface area contributed by atoms with E-state index < -0.39 is 0 Å². The third-order valence-electron chi connectivity index (χ3n) is 3.86. The monoisotopic (exact) mass is 280 g/mol. The van der Waals surface area contributed by atoms with Crippen molar-refractivity contribution in [2.75, 3.05) is 41.5 Å². The molecule has 1 heterocycles. The van der Waals surface area contributed by atoms with E-state index in [2.05, 4.69) is 10.2 Å². The van der Waals surface area contributed by atoms with Crippen molar-refractivity contribution >= 4 is 0 Å². The van der Waals surface area contributed by atoms with Gasteiger partial charge in [-0.15, -0.1) is 0 Å². The maximum absolute atomic E-state index is 5.53. The van der Waals surface area contributed by atoms with Crippen LogP contribution < -0.4 is 19.5 Å². The molecule has 0 bridgehead atoms. The second kappa shape index (κ2) is 6.81. The van der Waals surface area contributed by atoms with E-state index in [-0.39, 0.29) is 0 Å². The third-order valence-corrected chi connectivity index (χ3v) is 3.86. The first-order valence-corrected chi connectivity index (χ1v) is 6.91. The number of nitrogens with zero attached hydrogens (tertiary/aromatic N) is 1. The summed E-state index contributed by atoms with van der Waals surface area (Å²) in [5.74, 6) is 2.12. The van der Waals surface area contributed by atoms with Crippen LogP contribution >= 0.6 is 0 Å². The maximum Gasteiger partial charge on any atom is 0.203 e. The van der Waals surface area contributed by atoms with Gasteiger partial charge in [-0.05, 0) is 19.5 Å². The number of nitrogens with one attached hydrogen (secondary N) is 1. The predicted octanol–water partition coefficient (Wildman–Crippen LogP) is 1.51. The van der Waals surface area contributed by atoms with Crippen LogP contribution in [0.1, 0.15) is 12.0 Å². The van der Waals surface area contributed by atoms with E-state index >= 15 is 0 Å². The molecule has 1 aliphatic heterocycles. The van der Waals surface area contributed by atoms with E-state index in [4.69, 9.17) is 14.2 Å². The van der Waals surface area contributed by atoms with Gasteiger partial charge in [0.2, 0.25) is 5.75 Å². The fourth-order valence-electron chi connectivity index (χ4n) is 2.74. The smallest absolute Gasteiger partial charge is 0.203 e. The molecule has 1 atom stereocenters. The Labute approximate surface area is 120 Å². The molecule has 2 rings (SSSR count). The average molecular weight is 280 g/mol. The molecule has 5 nitrogen and oxygen atoms in total. The fourth-order valence-corrected chi connectivity index (χ4v) is 2.74. The minimum absolute atomic E-state index is 0.584. The van der Waals surface area contributed by atoms with E-state index in [1.54, 1.807) is 21.3 Å². The zero-order valence-electron chi connectivity index (χ0n) is 12.7. The second-order valence-electron chi connectivity index (χ2n) is 5.00. The number of hydrogen-bond acceptors (Lipinski definition) is 5. The summed E-state index contributed by atoms with van der Waals surface area (Å²) in [6.07, 6.45) is 1.19. The van der Waals surface area contributed by atoms with Crippen LogP contribution in [-0.4, -0.2) is 52.4 Å². The van der Waals surface area contributed by atoms with Crippen LogP contribution in [0.25, 0.3) is 0 Å². The fraction of sp³-hybridized carbons (Fsp3) is 0.600. The van der Waals surface area contributed by atoms with Crippen molar-refractivity contribution in [3.8, 4) is 17.2 Å². The molecule has 0 saturated carbocycles. The van der Waals surface area contributed by atoms with E-state index in [1.807, 2.05) is 19.2 Å². The van der Waals surface area contributed by atoms with Gasteiger partial charge in [0.05, 0.1) is 21.3 Å². The number of hydrogen-bond donors (Lipinski definition) is 1. The van der Waals surface area contributed by atoms with Crippen molar-refractivity contribution in [2.45, 2.75) is 19.0 Å². The van der Waals surface area contributed by atoms with Gasteiger partial charge in [-0.2, -0.15) is 0 Å². The molecule has 1 fully saturated rings. The highest BCUT2D eigenvalue weighted by molar-refractivity contribution is 5.55. The first kappa shape index (κ1) is 14.9. The summed E-state index contributed by atoms with van der Waals surface area (Å²) in [6, 6.07) is 4.57. The van der Waals surface area contributed by atoms with Crippen LogP contribution in [0.2, 0.25) is 0 Å². The lowest BCUT2D eigenvalue weighted by Crippen LogP contribution is -2.29. The van der Waals surface area contributed by atoms with Crippen LogP contribution in [0.4, 0.5) is 0 Å². The summed E-state index contributed by atoms with van der Waals surface area (Å²) in [6.45, 7) is 3.03. The van der Waals surface area contributed by atoms with Crippen LogP contribution in [0.3, 0.4) is 0 Å². The second-order valence-corrected chi connectivity index (χ2v) is 5.00. The topological polar surface area (TPSA) is 43.0 Å². The van der Waals surface area contributed by atoms with Gasteiger partial charge in [0.15, 0.2) is 11.5 Å². The molecule has 0 radical (unpaired) electrons. The Morgan fingerprint density at radius 1 is 1.15 bits per heavy atom. The highest BCUT2D eigenvalue weighted by atomic mass is 16.5. The van der Waals surface area contributed by atoms with Crippen molar-refractivity contribution < 1.29 is 14.2 Å². The normalized spacial score (nSPS) is 19.1. The van der Waals surface area contributed by atoms with Gasteiger partial charge >= 0.3 is 0 Å². The summed E-state index contributed by atoms with van der Waals surface area (Å²) in [7, 11) is 6.96. The zero-order valence-corrected chi connectivity index (χ0v) is 12.7. The number of likely N-dealkylation sites (N-methyl/N-ethyl adjacent to an activating group) is 1. The minimum atomic E-state index is 0.584. The first-order valence-electron chi connectivity index (χ1n) is 6.91. The van der Waals surface area contributed by atoms with Crippen molar-refractivity contribution in [3.05, 3.63) is 17.7 Å². The van der Waals surface area contributed by atoms with Crippen molar-refractivity contribution in [1.29, 1.82) is 0 Å². The quantitative estimate of drug-likeness (QED) is 0.855.